The van der Waals surface area contributed by atoms with Crippen LogP contribution in [0.5, 0.6) is 5.75 Å². The van der Waals surface area contributed by atoms with E-state index >= 15 is 0 Å². The highest BCUT2D eigenvalue weighted by molar-refractivity contribution is 9.10. The number of carbonyl (C=O) groups is 1. The number of nitrogens with two attached hydrogens (primary N) is 1. The first-order valence-corrected chi connectivity index (χ1v) is 6.92. The lowest BCUT2D eigenvalue weighted by Gasteiger charge is -2.04. The molecule has 0 aliphatic heterocycles. The minimum absolute atomic E-state index is 0.305. The van der Waals surface area contributed by atoms with Crippen LogP contribution in [0.15, 0.2) is 52.0 Å². The highest BCUT2D eigenvalue weighted by Crippen LogP contribution is 2.21. The standard InChI is InChI=1S/C15H14BrN3O2/c1-21-14-7-4-12(16)8-11(14)9-18-19-15(20)10-2-5-13(17)6-3-10/h2-9H,17H2,1H3,(H,19,20)/b18-9+. The fourth-order valence-electron chi connectivity index (χ4n) is 1.67. The second kappa shape index (κ2) is 6.90. The Morgan fingerprint density at radius 2 is 2.00 bits per heavy atom. The molecule has 1 amide bonds. The Labute approximate surface area is 130 Å². The molecule has 0 aromatic heterocycles. The van der Waals surface area contributed by atoms with E-state index < -0.39 is 0 Å². The minimum atomic E-state index is -0.305. The predicted octanol–water partition coefficient (Wildman–Crippen LogP) is 2.80. The first kappa shape index (κ1) is 15.1. The number of anilines is 1. The van der Waals surface area contributed by atoms with Gasteiger partial charge in [-0.05, 0) is 42.5 Å². The van der Waals surface area contributed by atoms with Gasteiger partial charge in [-0.1, -0.05) is 15.9 Å². The van der Waals surface area contributed by atoms with Crippen molar-refractivity contribution >= 4 is 33.7 Å². The summed E-state index contributed by atoms with van der Waals surface area (Å²) in [6, 6.07) is 12.1. The maximum absolute atomic E-state index is 11.9. The summed E-state index contributed by atoms with van der Waals surface area (Å²) < 4.78 is 6.11. The molecule has 2 aromatic rings. The molecule has 0 aliphatic rings. The summed E-state index contributed by atoms with van der Waals surface area (Å²) in [5.41, 5.74) is 9.87. The molecule has 2 rings (SSSR count). The molecule has 0 saturated carbocycles. The van der Waals surface area contributed by atoms with Crippen LogP contribution in [0, 0.1) is 0 Å². The van der Waals surface area contributed by atoms with Crippen LogP contribution in [0.25, 0.3) is 0 Å². The van der Waals surface area contributed by atoms with Gasteiger partial charge in [-0.2, -0.15) is 5.10 Å². The molecule has 0 unspecified atom stereocenters. The number of methoxy groups -OCH3 is 1. The van der Waals surface area contributed by atoms with Gasteiger partial charge >= 0.3 is 0 Å². The summed E-state index contributed by atoms with van der Waals surface area (Å²) in [4.78, 5) is 11.9. The fourth-order valence-corrected chi connectivity index (χ4v) is 2.04. The van der Waals surface area contributed by atoms with Crippen LogP contribution in [0.2, 0.25) is 0 Å². The number of hydrazone groups is 1. The molecule has 3 N–H and O–H groups in total. The van der Waals surface area contributed by atoms with E-state index in [0.29, 0.717) is 17.0 Å². The quantitative estimate of drug-likeness (QED) is 0.507. The molecule has 0 atom stereocenters. The maximum atomic E-state index is 11.9. The molecular formula is C15H14BrN3O2. The summed E-state index contributed by atoms with van der Waals surface area (Å²) in [6.07, 6.45) is 1.53. The minimum Gasteiger partial charge on any atom is -0.496 e. The van der Waals surface area contributed by atoms with Crippen LogP contribution in [0.4, 0.5) is 5.69 Å². The van der Waals surface area contributed by atoms with Crippen molar-refractivity contribution in [3.05, 3.63) is 58.1 Å². The molecule has 6 heteroatoms. The second-order valence-corrected chi connectivity index (χ2v) is 5.12. The van der Waals surface area contributed by atoms with Gasteiger partial charge < -0.3 is 10.5 Å². The predicted molar refractivity (Wildman–Crippen MR) is 86.6 cm³/mol. The lowest BCUT2D eigenvalue weighted by atomic mass is 10.2. The zero-order valence-electron chi connectivity index (χ0n) is 11.3. The maximum Gasteiger partial charge on any atom is 0.271 e. The van der Waals surface area contributed by atoms with Crippen molar-refractivity contribution in [3.63, 3.8) is 0 Å². The summed E-state index contributed by atoms with van der Waals surface area (Å²) in [7, 11) is 1.58. The van der Waals surface area contributed by atoms with E-state index in [9.17, 15) is 4.79 Å². The topological polar surface area (TPSA) is 76.7 Å². The average Bonchev–Trinajstić information content (AvgIpc) is 2.48. The zero-order valence-corrected chi connectivity index (χ0v) is 12.9. The first-order valence-electron chi connectivity index (χ1n) is 6.12. The van der Waals surface area contributed by atoms with Gasteiger partial charge in [-0.15, -0.1) is 0 Å². The number of rotatable bonds is 4. The van der Waals surface area contributed by atoms with Crippen molar-refractivity contribution in [2.45, 2.75) is 0 Å². The Bertz CT molecular complexity index is 669. The number of nitrogens with one attached hydrogen (secondary N) is 1. The average molecular weight is 348 g/mol. The van der Waals surface area contributed by atoms with Crippen LogP contribution >= 0.6 is 15.9 Å². The third kappa shape index (κ3) is 4.06. The summed E-state index contributed by atoms with van der Waals surface area (Å²) >= 11 is 3.37. The molecule has 0 fully saturated rings. The Kier molecular flexibility index (Phi) is 4.94. The Morgan fingerprint density at radius 3 is 2.67 bits per heavy atom. The van der Waals surface area contributed by atoms with Gasteiger partial charge in [-0.3, -0.25) is 4.79 Å². The van der Waals surface area contributed by atoms with E-state index in [-0.39, 0.29) is 5.91 Å². The SMILES string of the molecule is COc1ccc(Br)cc1/C=N/NC(=O)c1ccc(N)cc1. The largest absolute Gasteiger partial charge is 0.496 e. The van der Waals surface area contributed by atoms with E-state index in [2.05, 4.69) is 26.5 Å². The van der Waals surface area contributed by atoms with Crippen molar-refractivity contribution in [2.24, 2.45) is 5.10 Å². The van der Waals surface area contributed by atoms with Crippen LogP contribution in [0.3, 0.4) is 0 Å². The van der Waals surface area contributed by atoms with Gasteiger partial charge in [0, 0.05) is 21.3 Å². The molecule has 2 aromatic carbocycles. The normalized spacial score (nSPS) is 10.6. The lowest BCUT2D eigenvalue weighted by Crippen LogP contribution is -2.17. The summed E-state index contributed by atoms with van der Waals surface area (Å²) in [6.45, 7) is 0. The Hall–Kier alpha value is -2.34. The molecule has 0 saturated heterocycles. The zero-order chi connectivity index (χ0) is 15.2. The van der Waals surface area contributed by atoms with Gasteiger partial charge in [-0.25, -0.2) is 5.43 Å². The summed E-state index contributed by atoms with van der Waals surface area (Å²) in [5.74, 6) is 0.365. The van der Waals surface area contributed by atoms with E-state index in [1.54, 1.807) is 31.4 Å². The van der Waals surface area contributed by atoms with Crippen LogP contribution in [0.1, 0.15) is 15.9 Å². The first-order chi connectivity index (χ1) is 10.1. The van der Waals surface area contributed by atoms with E-state index in [1.807, 2.05) is 18.2 Å². The third-order valence-corrected chi connectivity index (χ3v) is 3.23. The van der Waals surface area contributed by atoms with Gasteiger partial charge in [0.1, 0.15) is 5.75 Å². The van der Waals surface area contributed by atoms with Gasteiger partial charge in [0.05, 0.1) is 13.3 Å². The molecule has 0 heterocycles. The fraction of sp³-hybridized carbons (Fsp3) is 0.0667. The molecular weight excluding hydrogens is 334 g/mol. The summed E-state index contributed by atoms with van der Waals surface area (Å²) in [5, 5.41) is 3.93. The third-order valence-electron chi connectivity index (χ3n) is 2.73. The molecule has 108 valence electrons. The molecule has 0 spiro atoms. The molecule has 21 heavy (non-hydrogen) atoms. The van der Waals surface area contributed by atoms with Gasteiger partial charge in [0.25, 0.3) is 5.91 Å². The number of carbonyl (C=O) groups excluding carboxylic acids is 1. The molecule has 5 nitrogen and oxygen atoms in total. The van der Waals surface area contributed by atoms with Crippen LogP contribution in [-0.2, 0) is 0 Å². The Morgan fingerprint density at radius 1 is 1.29 bits per heavy atom. The molecule has 0 radical (unpaired) electrons. The van der Waals surface area contributed by atoms with Crippen molar-refractivity contribution in [3.8, 4) is 5.75 Å². The smallest absolute Gasteiger partial charge is 0.271 e. The van der Waals surface area contributed by atoms with Crippen molar-refractivity contribution in [2.75, 3.05) is 12.8 Å². The molecule has 0 bridgehead atoms. The second-order valence-electron chi connectivity index (χ2n) is 4.21. The van der Waals surface area contributed by atoms with Crippen molar-refractivity contribution in [1.82, 2.24) is 5.43 Å². The highest BCUT2D eigenvalue weighted by atomic mass is 79.9. The van der Waals surface area contributed by atoms with Gasteiger partial charge in [0.15, 0.2) is 0 Å². The van der Waals surface area contributed by atoms with Crippen molar-refractivity contribution in [1.29, 1.82) is 0 Å². The number of hydrogen-bond acceptors (Lipinski definition) is 4. The van der Waals surface area contributed by atoms with Crippen LogP contribution < -0.4 is 15.9 Å². The number of ether oxygens (including phenoxy) is 1. The number of hydrogen-bond donors (Lipinski definition) is 2. The lowest BCUT2D eigenvalue weighted by molar-refractivity contribution is 0.0955. The number of halogens is 1. The Balaban J connectivity index is 2.07. The number of nitrogen functional groups attached to an aromatic ring is 1. The number of benzene rings is 2. The highest BCUT2D eigenvalue weighted by Gasteiger charge is 2.04. The van der Waals surface area contributed by atoms with Crippen molar-refractivity contribution < 1.29 is 9.53 Å². The number of amides is 1. The monoisotopic (exact) mass is 347 g/mol. The van der Waals surface area contributed by atoms with Gasteiger partial charge in [0.2, 0.25) is 0 Å². The van der Waals surface area contributed by atoms with E-state index in [0.717, 1.165) is 10.0 Å². The van der Waals surface area contributed by atoms with Crippen LogP contribution in [-0.4, -0.2) is 19.2 Å². The molecule has 0 aliphatic carbocycles. The van der Waals surface area contributed by atoms with E-state index in [1.165, 1.54) is 6.21 Å². The van der Waals surface area contributed by atoms with E-state index in [4.69, 9.17) is 10.5 Å². The number of nitrogens with zero attached hydrogens (tertiary/aromatic N) is 1.